The number of methoxy groups -OCH3 is 1. The predicted molar refractivity (Wildman–Crippen MR) is 86.7 cm³/mol. The fourth-order valence-electron chi connectivity index (χ4n) is 2.26. The van der Waals surface area contributed by atoms with Gasteiger partial charge in [0.25, 0.3) is 0 Å². The normalized spacial score (nSPS) is 11.4. The number of ether oxygens (including phenoxy) is 2. The van der Waals surface area contributed by atoms with Gasteiger partial charge in [-0.25, -0.2) is 0 Å². The fraction of sp³-hybridized carbons (Fsp3) is 0.235. The van der Waals surface area contributed by atoms with E-state index in [4.69, 9.17) is 9.47 Å². The van der Waals surface area contributed by atoms with Crippen molar-refractivity contribution >= 4 is 0 Å². The van der Waals surface area contributed by atoms with Gasteiger partial charge in [-0.1, -0.05) is 24.3 Å². The molecule has 0 spiro atoms. The number of alkyl halides is 3. The van der Waals surface area contributed by atoms with Gasteiger partial charge in [0, 0.05) is 5.56 Å². The Balaban J connectivity index is 1.65. The summed E-state index contributed by atoms with van der Waals surface area (Å²) in [7, 11) is 1.54. The molecule has 0 aliphatic rings. The highest BCUT2D eigenvalue weighted by Crippen LogP contribution is 2.31. The largest absolute Gasteiger partial charge is 0.493 e. The maximum absolute atomic E-state index is 12.8. The lowest BCUT2D eigenvalue weighted by Gasteiger charge is -2.09. The average Bonchev–Trinajstić information content (AvgIpc) is 3.10. The molecule has 1 heterocycles. The number of halogens is 3. The molecule has 0 aliphatic carbocycles. The van der Waals surface area contributed by atoms with Crippen molar-refractivity contribution in [1.29, 1.82) is 0 Å². The number of benzene rings is 2. The lowest BCUT2D eigenvalue weighted by Crippen LogP contribution is -2.11. The van der Waals surface area contributed by atoms with Gasteiger partial charge in [0.05, 0.1) is 19.2 Å². The molecule has 26 heavy (non-hydrogen) atoms. The van der Waals surface area contributed by atoms with Crippen LogP contribution in [0.5, 0.6) is 11.5 Å². The summed E-state index contributed by atoms with van der Waals surface area (Å²) >= 11 is 0. The highest BCUT2D eigenvalue weighted by molar-refractivity contribution is 5.55. The maximum atomic E-state index is 12.8. The van der Waals surface area contributed by atoms with E-state index in [2.05, 4.69) is 15.4 Å². The number of tetrazole rings is 1. The van der Waals surface area contributed by atoms with Crippen molar-refractivity contribution < 1.29 is 22.6 Å². The van der Waals surface area contributed by atoms with Crippen molar-refractivity contribution in [3.63, 3.8) is 0 Å². The van der Waals surface area contributed by atoms with Crippen LogP contribution in [0, 0.1) is 0 Å². The zero-order chi connectivity index (χ0) is 18.6. The second-order valence-electron chi connectivity index (χ2n) is 5.29. The first-order valence-electron chi connectivity index (χ1n) is 7.68. The van der Waals surface area contributed by atoms with E-state index in [1.165, 1.54) is 16.9 Å². The van der Waals surface area contributed by atoms with E-state index >= 15 is 0 Å². The van der Waals surface area contributed by atoms with Gasteiger partial charge in [0.2, 0.25) is 5.82 Å². The molecule has 3 rings (SSSR count). The molecule has 136 valence electrons. The van der Waals surface area contributed by atoms with Gasteiger partial charge >= 0.3 is 6.18 Å². The summed E-state index contributed by atoms with van der Waals surface area (Å²) in [5.41, 5.74) is -0.512. The molecule has 6 nitrogen and oxygen atoms in total. The third-order valence-electron chi connectivity index (χ3n) is 3.52. The summed E-state index contributed by atoms with van der Waals surface area (Å²) in [5.74, 6) is 1.30. The van der Waals surface area contributed by atoms with Crippen LogP contribution in [0.25, 0.3) is 11.4 Å². The SMILES string of the molecule is COc1ccccc1OCCn1nnc(-c2cccc(C(F)(F)F)c2)n1. The minimum atomic E-state index is -4.42. The smallest absolute Gasteiger partial charge is 0.416 e. The Labute approximate surface area is 147 Å². The summed E-state index contributed by atoms with van der Waals surface area (Å²) in [6.45, 7) is 0.531. The van der Waals surface area contributed by atoms with Crippen LogP contribution in [0.3, 0.4) is 0 Å². The first-order chi connectivity index (χ1) is 12.5. The minimum absolute atomic E-state index is 0.119. The third kappa shape index (κ3) is 4.11. The number of hydrogen-bond donors (Lipinski definition) is 0. The Kier molecular flexibility index (Phi) is 5.06. The van der Waals surface area contributed by atoms with Crippen molar-refractivity contribution in [3.8, 4) is 22.9 Å². The van der Waals surface area contributed by atoms with Crippen LogP contribution in [0.2, 0.25) is 0 Å². The number of hydrogen-bond acceptors (Lipinski definition) is 5. The summed E-state index contributed by atoms with van der Waals surface area (Å²) in [6.07, 6.45) is -4.42. The molecule has 0 saturated carbocycles. The van der Waals surface area contributed by atoms with Crippen LogP contribution in [0.1, 0.15) is 5.56 Å². The summed E-state index contributed by atoms with van der Waals surface area (Å²) < 4.78 is 49.2. The Morgan fingerprint density at radius 2 is 1.81 bits per heavy atom. The summed E-state index contributed by atoms with van der Waals surface area (Å²) in [4.78, 5) is 1.27. The van der Waals surface area contributed by atoms with Gasteiger partial charge in [0.15, 0.2) is 11.5 Å². The number of nitrogens with zero attached hydrogens (tertiary/aromatic N) is 4. The third-order valence-corrected chi connectivity index (χ3v) is 3.52. The first kappa shape index (κ1) is 17.7. The van der Waals surface area contributed by atoms with E-state index in [1.807, 2.05) is 12.1 Å². The van der Waals surface area contributed by atoms with Crippen molar-refractivity contribution in [3.05, 3.63) is 54.1 Å². The molecule has 2 aromatic carbocycles. The monoisotopic (exact) mass is 364 g/mol. The molecular formula is C17H15F3N4O2. The number of para-hydroxylation sites is 2. The summed E-state index contributed by atoms with van der Waals surface area (Å²) in [5, 5.41) is 11.7. The van der Waals surface area contributed by atoms with Crippen molar-refractivity contribution in [2.24, 2.45) is 0 Å². The van der Waals surface area contributed by atoms with Crippen LogP contribution >= 0.6 is 0 Å². The van der Waals surface area contributed by atoms with Crippen LogP contribution in [0.4, 0.5) is 13.2 Å². The van der Waals surface area contributed by atoms with Gasteiger partial charge in [-0.15, -0.1) is 10.2 Å². The quantitative estimate of drug-likeness (QED) is 0.670. The Morgan fingerprint density at radius 1 is 1.04 bits per heavy atom. The first-order valence-corrected chi connectivity index (χ1v) is 7.68. The Bertz CT molecular complexity index is 880. The van der Waals surface area contributed by atoms with Crippen LogP contribution < -0.4 is 9.47 Å². The van der Waals surface area contributed by atoms with Gasteiger partial charge in [-0.2, -0.15) is 18.0 Å². The Hall–Kier alpha value is -3.10. The fourth-order valence-corrected chi connectivity index (χ4v) is 2.26. The molecule has 0 N–H and O–H groups in total. The molecule has 0 unspecified atom stereocenters. The summed E-state index contributed by atoms with van der Waals surface area (Å²) in [6, 6.07) is 12.0. The molecule has 0 aliphatic heterocycles. The average molecular weight is 364 g/mol. The Morgan fingerprint density at radius 3 is 2.54 bits per heavy atom. The number of aromatic nitrogens is 4. The lowest BCUT2D eigenvalue weighted by atomic mass is 10.1. The van der Waals surface area contributed by atoms with Gasteiger partial charge in [-0.3, -0.25) is 0 Å². The van der Waals surface area contributed by atoms with E-state index < -0.39 is 11.7 Å². The van der Waals surface area contributed by atoms with E-state index in [-0.39, 0.29) is 24.5 Å². The van der Waals surface area contributed by atoms with Crippen LogP contribution in [0.15, 0.2) is 48.5 Å². The molecule has 0 fully saturated rings. The zero-order valence-corrected chi connectivity index (χ0v) is 13.8. The predicted octanol–water partition coefficient (Wildman–Crippen LogP) is 3.45. The van der Waals surface area contributed by atoms with Gasteiger partial charge in [0.1, 0.15) is 6.61 Å². The van der Waals surface area contributed by atoms with E-state index in [0.29, 0.717) is 11.5 Å². The van der Waals surface area contributed by atoms with E-state index in [1.54, 1.807) is 19.2 Å². The van der Waals surface area contributed by atoms with Gasteiger partial charge in [-0.05, 0) is 29.5 Å². The van der Waals surface area contributed by atoms with E-state index in [0.717, 1.165) is 12.1 Å². The van der Waals surface area contributed by atoms with Crippen molar-refractivity contribution in [2.75, 3.05) is 13.7 Å². The van der Waals surface area contributed by atoms with Crippen LogP contribution in [-0.4, -0.2) is 33.9 Å². The van der Waals surface area contributed by atoms with Crippen molar-refractivity contribution in [2.45, 2.75) is 12.7 Å². The van der Waals surface area contributed by atoms with Gasteiger partial charge < -0.3 is 9.47 Å². The topological polar surface area (TPSA) is 62.1 Å². The molecule has 0 saturated heterocycles. The second kappa shape index (κ2) is 7.42. The second-order valence-corrected chi connectivity index (χ2v) is 5.29. The standard InChI is InChI=1S/C17H15F3N4O2/c1-25-14-7-2-3-8-15(14)26-10-9-24-22-16(21-23-24)12-5-4-6-13(11-12)17(18,19)20/h2-8,11H,9-10H2,1H3. The molecule has 3 aromatic rings. The van der Waals surface area contributed by atoms with E-state index in [9.17, 15) is 13.2 Å². The molecule has 0 atom stereocenters. The molecule has 9 heteroatoms. The maximum Gasteiger partial charge on any atom is 0.416 e. The molecule has 0 amide bonds. The highest BCUT2D eigenvalue weighted by atomic mass is 19.4. The molecule has 0 bridgehead atoms. The molecular weight excluding hydrogens is 349 g/mol. The number of rotatable bonds is 6. The van der Waals surface area contributed by atoms with Crippen LogP contribution in [-0.2, 0) is 12.7 Å². The minimum Gasteiger partial charge on any atom is -0.493 e. The zero-order valence-electron chi connectivity index (χ0n) is 13.8. The van der Waals surface area contributed by atoms with Crippen molar-refractivity contribution in [1.82, 2.24) is 20.2 Å². The molecule has 1 aromatic heterocycles. The highest BCUT2D eigenvalue weighted by Gasteiger charge is 2.30. The lowest BCUT2D eigenvalue weighted by molar-refractivity contribution is -0.137. The molecule has 0 radical (unpaired) electrons.